The molecule has 29 heavy (non-hydrogen) atoms. The Kier molecular flexibility index (Phi) is 4.94. The summed E-state index contributed by atoms with van der Waals surface area (Å²) < 4.78 is 41.8. The van der Waals surface area contributed by atoms with E-state index in [-0.39, 0.29) is 21.7 Å². The smallest absolute Gasteiger partial charge is 0.316 e. The average Bonchev–Trinajstić information content (AvgIpc) is 3.36. The minimum atomic E-state index is -4.69. The minimum absolute atomic E-state index is 0.00324. The largest absolute Gasteiger partial charge is 0.419 e. The summed E-state index contributed by atoms with van der Waals surface area (Å²) >= 11 is 0.846. The normalized spacial score (nSPS) is 23.2. The predicted octanol–water partition coefficient (Wildman–Crippen LogP) is 6.30. The average molecular weight is 418 g/mol. The second-order valence-electron chi connectivity index (χ2n) is 8.21. The Hall–Kier alpha value is -2.33. The summed E-state index contributed by atoms with van der Waals surface area (Å²) in [5.41, 5.74) is 0.520. The number of anilines is 1. The number of carbonyl (C=O) groups is 1. The highest BCUT2D eigenvalue weighted by atomic mass is 32.1. The number of amides is 1. The summed E-state index contributed by atoms with van der Waals surface area (Å²) in [5.74, 6) is 0.439. The molecule has 1 aromatic heterocycles. The molecule has 3 atom stereocenters. The molecule has 2 aliphatic carbocycles. The maximum absolute atomic E-state index is 13.9. The monoisotopic (exact) mass is 418 g/mol. The maximum Gasteiger partial charge on any atom is 0.419 e. The molecule has 7 heteroatoms. The Morgan fingerprint density at radius 2 is 2.00 bits per heavy atom. The van der Waals surface area contributed by atoms with Crippen LogP contribution >= 0.6 is 11.3 Å². The van der Waals surface area contributed by atoms with Gasteiger partial charge in [-0.15, -0.1) is 11.3 Å². The summed E-state index contributed by atoms with van der Waals surface area (Å²) in [6, 6.07) is 7.00. The van der Waals surface area contributed by atoms with E-state index in [2.05, 4.69) is 5.32 Å². The second-order valence-corrected chi connectivity index (χ2v) is 9.23. The standard InChI is InChI=1S/C22H21F3N2OS/c1-11-3-4-12(2)15(7-11)19-18(22(23,24)25)17(10-26)21(29-19)27-20(28)16-9-13-5-6-14(16)8-13/h3-4,7,13-14,16H,5-6,8-9H2,1-2H3,(H,27,28)/t13-,14-,16-/m1/s1. The van der Waals surface area contributed by atoms with Crippen LogP contribution in [0.1, 0.15) is 47.9 Å². The summed E-state index contributed by atoms with van der Waals surface area (Å²) in [4.78, 5) is 12.8. The van der Waals surface area contributed by atoms with Crippen LogP contribution in [-0.2, 0) is 11.0 Å². The van der Waals surface area contributed by atoms with Crippen molar-refractivity contribution in [2.24, 2.45) is 17.8 Å². The highest BCUT2D eigenvalue weighted by molar-refractivity contribution is 7.20. The number of nitriles is 1. The number of hydrogen-bond acceptors (Lipinski definition) is 3. The van der Waals surface area contributed by atoms with E-state index >= 15 is 0 Å². The first-order valence-electron chi connectivity index (χ1n) is 9.71. The molecule has 0 unspecified atom stereocenters. The summed E-state index contributed by atoms with van der Waals surface area (Å²) in [6.45, 7) is 3.56. The van der Waals surface area contributed by atoms with Crippen molar-refractivity contribution in [1.29, 1.82) is 5.26 Å². The molecule has 2 fully saturated rings. The zero-order chi connectivity index (χ0) is 20.9. The molecular weight excluding hydrogens is 397 g/mol. The molecule has 4 rings (SSSR count). The van der Waals surface area contributed by atoms with E-state index in [1.54, 1.807) is 25.1 Å². The Morgan fingerprint density at radius 3 is 2.59 bits per heavy atom. The van der Waals surface area contributed by atoms with Crippen molar-refractivity contribution in [3.8, 4) is 16.5 Å². The van der Waals surface area contributed by atoms with Crippen molar-refractivity contribution in [1.82, 2.24) is 0 Å². The van der Waals surface area contributed by atoms with Crippen molar-refractivity contribution < 1.29 is 18.0 Å². The molecule has 1 aromatic carbocycles. The van der Waals surface area contributed by atoms with Gasteiger partial charge in [0.2, 0.25) is 5.91 Å². The summed E-state index contributed by atoms with van der Waals surface area (Å²) in [6.07, 6.45) is -0.747. The molecule has 3 nitrogen and oxygen atoms in total. The molecule has 1 amide bonds. The lowest BCUT2D eigenvalue weighted by Crippen LogP contribution is -2.27. The van der Waals surface area contributed by atoms with Gasteiger partial charge in [0, 0.05) is 5.92 Å². The van der Waals surface area contributed by atoms with Gasteiger partial charge < -0.3 is 5.32 Å². The Morgan fingerprint density at radius 1 is 1.24 bits per heavy atom. The molecule has 152 valence electrons. The molecule has 0 aliphatic heterocycles. The quantitative estimate of drug-likeness (QED) is 0.636. The van der Waals surface area contributed by atoms with E-state index in [9.17, 15) is 23.2 Å². The predicted molar refractivity (Wildman–Crippen MR) is 107 cm³/mol. The molecule has 2 bridgehead atoms. The number of rotatable bonds is 3. The van der Waals surface area contributed by atoms with Crippen molar-refractivity contribution >= 4 is 22.2 Å². The molecular formula is C22H21F3N2OS. The van der Waals surface area contributed by atoms with Gasteiger partial charge in [0.05, 0.1) is 16.0 Å². The van der Waals surface area contributed by atoms with E-state index < -0.39 is 17.3 Å². The second kappa shape index (κ2) is 7.17. The van der Waals surface area contributed by atoms with Gasteiger partial charge in [-0.1, -0.05) is 30.2 Å². The van der Waals surface area contributed by atoms with Crippen LogP contribution in [0.5, 0.6) is 0 Å². The molecule has 2 aliphatic rings. The molecule has 1 heterocycles. The Bertz CT molecular complexity index is 1020. The Balaban J connectivity index is 1.77. The van der Waals surface area contributed by atoms with E-state index in [1.165, 1.54) is 0 Å². The SMILES string of the molecule is Cc1ccc(C)c(-c2sc(NC(=O)[C@@H]3C[C@@H]4CC[C@@H]3C4)c(C#N)c2C(F)(F)F)c1. The van der Waals surface area contributed by atoms with Gasteiger partial charge in [0.15, 0.2) is 0 Å². The number of thiophene rings is 1. The first-order chi connectivity index (χ1) is 13.7. The number of nitrogens with one attached hydrogen (secondary N) is 1. The zero-order valence-corrected chi connectivity index (χ0v) is 17.0. The number of halogens is 3. The van der Waals surface area contributed by atoms with E-state index in [0.29, 0.717) is 23.0 Å². The van der Waals surface area contributed by atoms with Gasteiger partial charge in [-0.2, -0.15) is 18.4 Å². The number of hydrogen-bond donors (Lipinski definition) is 1. The van der Waals surface area contributed by atoms with Crippen LogP contribution in [0.4, 0.5) is 18.2 Å². The third-order valence-electron chi connectivity index (χ3n) is 6.25. The fourth-order valence-corrected chi connectivity index (χ4v) is 6.09. The van der Waals surface area contributed by atoms with Gasteiger partial charge in [0.1, 0.15) is 11.1 Å². The van der Waals surface area contributed by atoms with Crippen molar-refractivity contribution in [2.75, 3.05) is 5.32 Å². The van der Waals surface area contributed by atoms with Gasteiger partial charge in [0.25, 0.3) is 0 Å². The van der Waals surface area contributed by atoms with Crippen LogP contribution in [-0.4, -0.2) is 5.91 Å². The van der Waals surface area contributed by atoms with Crippen LogP contribution in [0, 0.1) is 42.9 Å². The molecule has 1 N–H and O–H groups in total. The number of carbonyl (C=O) groups excluding carboxylic acids is 1. The van der Waals surface area contributed by atoms with Crippen molar-refractivity contribution in [3.63, 3.8) is 0 Å². The first-order valence-corrected chi connectivity index (χ1v) is 10.5. The molecule has 0 radical (unpaired) electrons. The molecule has 0 saturated heterocycles. The van der Waals surface area contributed by atoms with Crippen molar-refractivity contribution in [2.45, 2.75) is 45.7 Å². The fourth-order valence-electron chi connectivity index (χ4n) is 4.84. The maximum atomic E-state index is 13.9. The van der Waals surface area contributed by atoms with E-state index in [4.69, 9.17) is 0 Å². The van der Waals surface area contributed by atoms with Crippen LogP contribution < -0.4 is 5.32 Å². The molecule has 2 aromatic rings. The number of fused-ring (bicyclic) bond motifs is 2. The zero-order valence-electron chi connectivity index (χ0n) is 16.2. The highest BCUT2D eigenvalue weighted by Gasteiger charge is 2.44. The van der Waals surface area contributed by atoms with Crippen LogP contribution in [0.2, 0.25) is 0 Å². The van der Waals surface area contributed by atoms with Gasteiger partial charge in [-0.3, -0.25) is 4.79 Å². The number of aryl methyl sites for hydroxylation is 2. The number of alkyl halides is 3. The molecule has 0 spiro atoms. The first kappa shape index (κ1) is 20.0. The fraction of sp³-hybridized carbons (Fsp3) is 0.455. The van der Waals surface area contributed by atoms with Gasteiger partial charge in [-0.25, -0.2) is 0 Å². The van der Waals surface area contributed by atoms with E-state index in [1.807, 2.05) is 13.0 Å². The highest BCUT2D eigenvalue weighted by Crippen LogP contribution is 2.51. The lowest BCUT2D eigenvalue weighted by molar-refractivity contribution is -0.137. The summed E-state index contributed by atoms with van der Waals surface area (Å²) in [7, 11) is 0. The van der Waals surface area contributed by atoms with Crippen LogP contribution in [0.3, 0.4) is 0 Å². The number of benzene rings is 1. The molecule has 2 saturated carbocycles. The third kappa shape index (κ3) is 3.55. The lowest BCUT2D eigenvalue weighted by atomic mass is 9.88. The Labute approximate surface area is 171 Å². The van der Waals surface area contributed by atoms with Crippen molar-refractivity contribution in [3.05, 3.63) is 40.5 Å². The summed E-state index contributed by atoms with van der Waals surface area (Å²) in [5, 5.41) is 12.2. The lowest BCUT2D eigenvalue weighted by Gasteiger charge is -2.20. The number of nitrogens with zero attached hydrogens (tertiary/aromatic N) is 1. The van der Waals surface area contributed by atoms with Crippen LogP contribution in [0.25, 0.3) is 10.4 Å². The van der Waals surface area contributed by atoms with Crippen LogP contribution in [0.15, 0.2) is 18.2 Å². The third-order valence-corrected chi connectivity index (χ3v) is 7.39. The van der Waals surface area contributed by atoms with Gasteiger partial charge >= 0.3 is 6.18 Å². The topological polar surface area (TPSA) is 52.9 Å². The minimum Gasteiger partial charge on any atom is -0.316 e. The van der Waals surface area contributed by atoms with E-state index in [0.717, 1.165) is 42.6 Å². The van der Waals surface area contributed by atoms with Gasteiger partial charge in [-0.05, 0) is 56.1 Å².